The first kappa shape index (κ1) is 15.5. The summed E-state index contributed by atoms with van der Waals surface area (Å²) in [7, 11) is 3.84. The number of hydrogen-bond acceptors (Lipinski definition) is 4. The van der Waals surface area contributed by atoms with Gasteiger partial charge in [0.15, 0.2) is 0 Å². The Hall–Kier alpha value is -1.59. The maximum atomic E-state index is 10.5. The van der Waals surface area contributed by atoms with Crippen molar-refractivity contribution in [3.63, 3.8) is 0 Å². The summed E-state index contributed by atoms with van der Waals surface area (Å²) in [4.78, 5) is 14.5. The molecule has 106 valence electrons. The molecule has 19 heavy (non-hydrogen) atoms. The molecule has 5 nitrogen and oxygen atoms in total. The maximum Gasteiger partial charge on any atom is 0.304 e. The number of likely N-dealkylation sites (N-methyl/N-ethyl adjacent to an activating group) is 1. The van der Waals surface area contributed by atoms with E-state index in [1.54, 1.807) is 0 Å². The van der Waals surface area contributed by atoms with Crippen molar-refractivity contribution < 1.29 is 15.0 Å². The largest absolute Gasteiger partial charge is 0.481 e. The number of nitrogens with zero attached hydrogens (tertiary/aromatic N) is 2. The third kappa shape index (κ3) is 5.72. The summed E-state index contributed by atoms with van der Waals surface area (Å²) >= 11 is 0. The van der Waals surface area contributed by atoms with Crippen molar-refractivity contribution in [3.05, 3.63) is 29.8 Å². The summed E-state index contributed by atoms with van der Waals surface area (Å²) < 4.78 is 0. The molecule has 0 saturated heterocycles. The van der Waals surface area contributed by atoms with Crippen LogP contribution in [0.1, 0.15) is 12.0 Å². The normalized spacial score (nSPS) is 10.7. The monoisotopic (exact) mass is 266 g/mol. The fraction of sp³-hybridized carbons (Fsp3) is 0.500. The van der Waals surface area contributed by atoms with E-state index in [1.807, 2.05) is 42.1 Å². The topological polar surface area (TPSA) is 64.0 Å². The highest BCUT2D eigenvalue weighted by Crippen LogP contribution is 2.15. The molecule has 0 saturated carbocycles. The summed E-state index contributed by atoms with van der Waals surface area (Å²) in [5.41, 5.74) is 2.19. The number of aliphatic hydroxyl groups excluding tert-OH is 1. The van der Waals surface area contributed by atoms with E-state index in [1.165, 1.54) is 0 Å². The lowest BCUT2D eigenvalue weighted by Gasteiger charge is -2.20. The molecule has 1 rings (SSSR count). The first-order valence-electron chi connectivity index (χ1n) is 6.34. The fourth-order valence-corrected chi connectivity index (χ4v) is 1.85. The van der Waals surface area contributed by atoms with Gasteiger partial charge >= 0.3 is 5.97 Å². The lowest BCUT2D eigenvalue weighted by atomic mass is 10.1. The number of carboxylic acids is 1. The first-order chi connectivity index (χ1) is 9.02. The molecule has 5 heteroatoms. The number of aliphatic hydroxyl groups is 1. The van der Waals surface area contributed by atoms with E-state index in [9.17, 15) is 4.79 Å². The second-order valence-corrected chi connectivity index (χ2v) is 4.70. The van der Waals surface area contributed by atoms with Gasteiger partial charge < -0.3 is 20.0 Å². The number of anilines is 1. The van der Waals surface area contributed by atoms with Crippen LogP contribution < -0.4 is 4.90 Å². The lowest BCUT2D eigenvalue weighted by molar-refractivity contribution is -0.137. The Morgan fingerprint density at radius 2 is 2.00 bits per heavy atom. The Bertz CT molecular complexity index is 409. The van der Waals surface area contributed by atoms with Gasteiger partial charge in [-0.05, 0) is 24.7 Å². The highest BCUT2D eigenvalue weighted by atomic mass is 16.4. The van der Waals surface area contributed by atoms with E-state index in [4.69, 9.17) is 10.2 Å². The van der Waals surface area contributed by atoms with Gasteiger partial charge in [0, 0.05) is 32.4 Å². The molecular formula is C14H22N2O3. The Morgan fingerprint density at radius 3 is 2.63 bits per heavy atom. The van der Waals surface area contributed by atoms with Crippen LogP contribution in [-0.4, -0.2) is 54.9 Å². The van der Waals surface area contributed by atoms with Gasteiger partial charge in [0.05, 0.1) is 13.0 Å². The second kappa shape index (κ2) is 7.76. The van der Waals surface area contributed by atoms with Crippen LogP contribution in [0.2, 0.25) is 0 Å². The van der Waals surface area contributed by atoms with Gasteiger partial charge in [0.25, 0.3) is 0 Å². The zero-order chi connectivity index (χ0) is 14.3. The molecule has 0 aliphatic heterocycles. The van der Waals surface area contributed by atoms with Crippen LogP contribution in [0.15, 0.2) is 24.3 Å². The van der Waals surface area contributed by atoms with Gasteiger partial charge in [0.1, 0.15) is 0 Å². The number of carboxylic acid groups (broad SMARTS) is 1. The average Bonchev–Trinajstić information content (AvgIpc) is 2.37. The average molecular weight is 266 g/mol. The quantitative estimate of drug-likeness (QED) is 0.735. The van der Waals surface area contributed by atoms with E-state index >= 15 is 0 Å². The third-order valence-corrected chi connectivity index (χ3v) is 2.95. The summed E-state index contributed by atoms with van der Waals surface area (Å²) in [6.07, 6.45) is 0.153. The third-order valence-electron chi connectivity index (χ3n) is 2.95. The summed E-state index contributed by atoms with van der Waals surface area (Å²) in [5.74, 6) is -0.775. The number of benzene rings is 1. The highest BCUT2D eigenvalue weighted by Gasteiger charge is 2.05. The number of rotatable bonds is 8. The van der Waals surface area contributed by atoms with Crippen LogP contribution >= 0.6 is 0 Å². The molecular weight excluding hydrogens is 244 g/mol. The molecule has 0 spiro atoms. The molecule has 0 aliphatic rings. The molecule has 0 unspecified atom stereocenters. The van der Waals surface area contributed by atoms with Crippen molar-refractivity contribution >= 4 is 11.7 Å². The predicted octanol–water partition coefficient (Wildman–Crippen LogP) is 1.02. The summed E-state index contributed by atoms with van der Waals surface area (Å²) in [5, 5.41) is 17.6. The number of aliphatic carboxylic acids is 1. The summed E-state index contributed by atoms with van der Waals surface area (Å²) in [6.45, 7) is 1.97. The van der Waals surface area contributed by atoms with Crippen LogP contribution in [0, 0.1) is 0 Å². The van der Waals surface area contributed by atoms with Gasteiger partial charge in [-0.15, -0.1) is 0 Å². The minimum absolute atomic E-state index is 0.124. The Balaban J connectivity index is 2.58. The zero-order valence-electron chi connectivity index (χ0n) is 11.5. The fourth-order valence-electron chi connectivity index (χ4n) is 1.85. The van der Waals surface area contributed by atoms with Crippen molar-refractivity contribution in [2.45, 2.75) is 13.0 Å². The Kier molecular flexibility index (Phi) is 6.32. The molecule has 1 aromatic rings. The second-order valence-electron chi connectivity index (χ2n) is 4.70. The van der Waals surface area contributed by atoms with Gasteiger partial charge in [-0.2, -0.15) is 0 Å². The van der Waals surface area contributed by atoms with Crippen molar-refractivity contribution in [2.24, 2.45) is 0 Å². The van der Waals surface area contributed by atoms with Crippen molar-refractivity contribution in [2.75, 3.05) is 38.7 Å². The van der Waals surface area contributed by atoms with E-state index in [0.717, 1.165) is 11.3 Å². The van der Waals surface area contributed by atoms with Crippen LogP contribution in [0.3, 0.4) is 0 Å². The molecule has 0 aromatic heterocycles. The molecule has 1 aromatic carbocycles. The van der Waals surface area contributed by atoms with Crippen LogP contribution in [0.5, 0.6) is 0 Å². The van der Waals surface area contributed by atoms with Crippen molar-refractivity contribution in [1.82, 2.24) is 4.90 Å². The van der Waals surface area contributed by atoms with E-state index in [-0.39, 0.29) is 13.0 Å². The summed E-state index contributed by atoms with van der Waals surface area (Å²) in [6, 6.07) is 8.06. The van der Waals surface area contributed by atoms with Crippen LogP contribution in [0.4, 0.5) is 5.69 Å². The van der Waals surface area contributed by atoms with E-state index < -0.39 is 5.97 Å². The molecule has 0 amide bonds. The molecule has 2 N–H and O–H groups in total. The van der Waals surface area contributed by atoms with E-state index in [0.29, 0.717) is 19.6 Å². The minimum Gasteiger partial charge on any atom is -0.481 e. The molecule has 0 aliphatic carbocycles. The standard InChI is InChI=1S/C14H22N2O3/c1-15(7-6-14(18)19)11-12-4-3-5-13(10-12)16(2)8-9-17/h3-5,10,17H,6-9,11H2,1-2H3,(H,18,19). The van der Waals surface area contributed by atoms with Crippen LogP contribution in [0.25, 0.3) is 0 Å². The first-order valence-corrected chi connectivity index (χ1v) is 6.34. The van der Waals surface area contributed by atoms with Gasteiger partial charge in [-0.3, -0.25) is 4.79 Å². The molecule has 0 heterocycles. The van der Waals surface area contributed by atoms with E-state index in [2.05, 4.69) is 6.07 Å². The smallest absolute Gasteiger partial charge is 0.304 e. The minimum atomic E-state index is -0.775. The van der Waals surface area contributed by atoms with Crippen LogP contribution in [-0.2, 0) is 11.3 Å². The van der Waals surface area contributed by atoms with Gasteiger partial charge in [-0.1, -0.05) is 12.1 Å². The number of hydrogen-bond donors (Lipinski definition) is 2. The van der Waals surface area contributed by atoms with Crippen molar-refractivity contribution in [1.29, 1.82) is 0 Å². The Labute approximate surface area is 114 Å². The molecule has 0 bridgehead atoms. The lowest BCUT2D eigenvalue weighted by Crippen LogP contribution is -2.23. The van der Waals surface area contributed by atoms with Crippen molar-refractivity contribution in [3.8, 4) is 0 Å². The molecule has 0 atom stereocenters. The molecule has 0 fully saturated rings. The highest BCUT2D eigenvalue weighted by molar-refractivity contribution is 5.66. The Morgan fingerprint density at radius 1 is 1.26 bits per heavy atom. The zero-order valence-corrected chi connectivity index (χ0v) is 11.5. The predicted molar refractivity (Wildman–Crippen MR) is 75.4 cm³/mol. The van der Waals surface area contributed by atoms with Gasteiger partial charge in [-0.25, -0.2) is 0 Å². The maximum absolute atomic E-state index is 10.5. The SMILES string of the molecule is CN(CCC(=O)O)Cc1cccc(N(C)CCO)c1. The number of carbonyl (C=O) groups is 1. The molecule has 0 radical (unpaired) electrons. The van der Waals surface area contributed by atoms with Gasteiger partial charge in [0.2, 0.25) is 0 Å².